The van der Waals surface area contributed by atoms with Crippen LogP contribution in [0.25, 0.3) is 0 Å². The highest BCUT2D eigenvalue weighted by Crippen LogP contribution is 2.23. The van der Waals surface area contributed by atoms with Crippen LogP contribution in [0.4, 0.5) is 21.8 Å². The molecule has 1 saturated heterocycles. The fraction of sp³-hybridized carbons (Fsp3) is 0.353. The van der Waals surface area contributed by atoms with E-state index in [-0.39, 0.29) is 10.9 Å². The number of halogens is 2. The van der Waals surface area contributed by atoms with Gasteiger partial charge < -0.3 is 15.1 Å². The van der Waals surface area contributed by atoms with Gasteiger partial charge in [0.15, 0.2) is 0 Å². The van der Waals surface area contributed by atoms with Crippen molar-refractivity contribution in [1.29, 1.82) is 0 Å². The molecule has 2 heterocycles. The summed E-state index contributed by atoms with van der Waals surface area (Å²) in [5.41, 5.74) is 1.43. The van der Waals surface area contributed by atoms with Gasteiger partial charge in [0.25, 0.3) is 0 Å². The Morgan fingerprint density at radius 3 is 2.56 bits per heavy atom. The zero-order valence-electron chi connectivity index (χ0n) is 14.1. The molecule has 8 heteroatoms. The normalized spacial score (nSPS) is 14.6. The fourth-order valence-electron chi connectivity index (χ4n) is 2.72. The van der Waals surface area contributed by atoms with Crippen molar-refractivity contribution in [3.8, 4) is 0 Å². The second-order valence-corrected chi connectivity index (χ2v) is 6.35. The molecule has 1 aromatic heterocycles. The van der Waals surface area contributed by atoms with E-state index in [2.05, 4.69) is 20.2 Å². The van der Waals surface area contributed by atoms with Gasteiger partial charge in [0.05, 0.1) is 5.02 Å². The molecule has 1 N–H and O–H groups in total. The van der Waals surface area contributed by atoms with Gasteiger partial charge in [-0.15, -0.1) is 0 Å². The van der Waals surface area contributed by atoms with Gasteiger partial charge in [-0.25, -0.2) is 9.37 Å². The number of nitrogens with zero attached hydrogens (tertiary/aromatic N) is 4. The van der Waals surface area contributed by atoms with Gasteiger partial charge in [-0.2, -0.15) is 4.98 Å². The molecule has 0 bridgehead atoms. The van der Waals surface area contributed by atoms with E-state index in [1.165, 1.54) is 12.1 Å². The Labute approximate surface area is 150 Å². The van der Waals surface area contributed by atoms with Crippen molar-refractivity contribution >= 4 is 35.0 Å². The summed E-state index contributed by atoms with van der Waals surface area (Å²) in [5.74, 6) is 0.841. The fourth-order valence-corrected chi connectivity index (χ4v) is 2.90. The minimum atomic E-state index is -0.471. The van der Waals surface area contributed by atoms with Crippen molar-refractivity contribution in [3.63, 3.8) is 0 Å². The Kier molecular flexibility index (Phi) is 5.03. The maximum absolute atomic E-state index is 13.3. The highest BCUT2D eigenvalue weighted by atomic mass is 35.5. The predicted octanol–water partition coefficient (Wildman–Crippen LogP) is 2.99. The van der Waals surface area contributed by atoms with Gasteiger partial charge in [0, 0.05) is 50.6 Å². The topological polar surface area (TPSA) is 61.4 Å². The summed E-state index contributed by atoms with van der Waals surface area (Å²) in [6.45, 7) is 6.26. The van der Waals surface area contributed by atoms with Gasteiger partial charge in [0.1, 0.15) is 11.6 Å². The lowest BCUT2D eigenvalue weighted by molar-refractivity contribution is -0.129. The first kappa shape index (κ1) is 17.4. The average molecular weight is 364 g/mol. The molecule has 132 valence electrons. The van der Waals surface area contributed by atoms with Crippen molar-refractivity contribution in [2.24, 2.45) is 0 Å². The van der Waals surface area contributed by atoms with E-state index in [1.54, 1.807) is 13.0 Å². The lowest BCUT2D eigenvalue weighted by atomic mass is 10.3. The van der Waals surface area contributed by atoms with Crippen LogP contribution in [0.1, 0.15) is 12.6 Å². The third-order valence-electron chi connectivity index (χ3n) is 4.07. The number of amides is 1. The van der Waals surface area contributed by atoms with Crippen LogP contribution in [0.5, 0.6) is 0 Å². The molecular formula is C17H19ClFN5O. The summed E-state index contributed by atoms with van der Waals surface area (Å²) >= 11 is 5.81. The van der Waals surface area contributed by atoms with Gasteiger partial charge in [0.2, 0.25) is 11.9 Å². The minimum Gasteiger partial charge on any atom is -0.353 e. The number of aromatic nitrogens is 2. The molecule has 2 aromatic rings. The number of piperazine rings is 1. The molecule has 1 aliphatic rings. The third kappa shape index (κ3) is 4.17. The lowest BCUT2D eigenvalue weighted by Gasteiger charge is -2.35. The first-order valence-electron chi connectivity index (χ1n) is 8.00. The van der Waals surface area contributed by atoms with Crippen LogP contribution in [-0.2, 0) is 4.79 Å². The molecule has 0 saturated carbocycles. The smallest absolute Gasteiger partial charge is 0.229 e. The lowest BCUT2D eigenvalue weighted by Crippen LogP contribution is -2.48. The number of hydrogen-bond acceptors (Lipinski definition) is 5. The van der Waals surface area contributed by atoms with Crippen LogP contribution < -0.4 is 10.2 Å². The largest absolute Gasteiger partial charge is 0.353 e. The first-order valence-corrected chi connectivity index (χ1v) is 8.38. The number of anilines is 3. The number of nitrogens with one attached hydrogen (secondary N) is 1. The number of carbonyl (C=O) groups excluding carboxylic acids is 1. The molecule has 0 radical (unpaired) electrons. The molecule has 1 aromatic carbocycles. The Bertz CT molecular complexity index is 793. The Hall–Kier alpha value is -2.41. The van der Waals surface area contributed by atoms with Crippen molar-refractivity contribution in [3.05, 3.63) is 40.8 Å². The molecule has 0 unspecified atom stereocenters. The van der Waals surface area contributed by atoms with E-state index in [0.717, 1.165) is 24.6 Å². The van der Waals surface area contributed by atoms with Crippen molar-refractivity contribution in [2.75, 3.05) is 36.4 Å². The maximum atomic E-state index is 13.3. The SMILES string of the molecule is CC(=O)N1CCN(c2cc(C)nc(Nc3ccc(F)c(Cl)c3)n2)CC1. The maximum Gasteiger partial charge on any atom is 0.229 e. The van der Waals surface area contributed by atoms with Crippen LogP contribution in [-0.4, -0.2) is 47.0 Å². The molecule has 0 aliphatic carbocycles. The molecular weight excluding hydrogens is 345 g/mol. The number of benzene rings is 1. The molecule has 25 heavy (non-hydrogen) atoms. The molecule has 0 atom stereocenters. The zero-order valence-corrected chi connectivity index (χ0v) is 14.8. The zero-order chi connectivity index (χ0) is 18.0. The van der Waals surface area contributed by atoms with Crippen LogP contribution in [0, 0.1) is 12.7 Å². The highest BCUT2D eigenvalue weighted by Gasteiger charge is 2.20. The van der Waals surface area contributed by atoms with Crippen LogP contribution >= 0.6 is 11.6 Å². The van der Waals surface area contributed by atoms with Crippen molar-refractivity contribution < 1.29 is 9.18 Å². The Morgan fingerprint density at radius 1 is 1.20 bits per heavy atom. The number of rotatable bonds is 3. The second-order valence-electron chi connectivity index (χ2n) is 5.94. The molecule has 1 fully saturated rings. The summed E-state index contributed by atoms with van der Waals surface area (Å²) in [6.07, 6.45) is 0. The van der Waals surface area contributed by atoms with Gasteiger partial charge >= 0.3 is 0 Å². The van der Waals surface area contributed by atoms with E-state index in [1.807, 2.05) is 17.9 Å². The number of carbonyl (C=O) groups is 1. The number of hydrogen-bond donors (Lipinski definition) is 1. The highest BCUT2D eigenvalue weighted by molar-refractivity contribution is 6.31. The Morgan fingerprint density at radius 2 is 1.92 bits per heavy atom. The average Bonchev–Trinajstić information content (AvgIpc) is 2.58. The van der Waals surface area contributed by atoms with Crippen molar-refractivity contribution in [1.82, 2.24) is 14.9 Å². The minimum absolute atomic E-state index is 0.0400. The second kappa shape index (κ2) is 7.23. The summed E-state index contributed by atoms with van der Waals surface area (Å²) < 4.78 is 13.3. The van der Waals surface area contributed by atoms with Gasteiger partial charge in [-0.3, -0.25) is 4.79 Å². The van der Waals surface area contributed by atoms with Crippen LogP contribution in [0.2, 0.25) is 5.02 Å². The summed E-state index contributed by atoms with van der Waals surface area (Å²) in [7, 11) is 0. The summed E-state index contributed by atoms with van der Waals surface area (Å²) in [5, 5.41) is 3.09. The standard InChI is InChI=1S/C17H19ClFN5O/c1-11-9-16(24-7-5-23(6-8-24)12(2)25)22-17(20-11)21-13-3-4-15(19)14(18)10-13/h3-4,9-10H,5-8H2,1-2H3,(H,20,21,22). The third-order valence-corrected chi connectivity index (χ3v) is 4.36. The summed E-state index contributed by atoms with van der Waals surface area (Å²) in [6, 6.07) is 6.28. The number of aryl methyl sites for hydroxylation is 1. The molecule has 1 amide bonds. The predicted molar refractivity (Wildman–Crippen MR) is 95.9 cm³/mol. The monoisotopic (exact) mass is 363 g/mol. The van der Waals surface area contributed by atoms with Crippen molar-refractivity contribution in [2.45, 2.75) is 13.8 Å². The van der Waals surface area contributed by atoms with E-state index in [9.17, 15) is 9.18 Å². The van der Waals surface area contributed by atoms with E-state index in [0.29, 0.717) is 24.7 Å². The molecule has 6 nitrogen and oxygen atoms in total. The van der Waals surface area contributed by atoms with Gasteiger partial charge in [-0.1, -0.05) is 11.6 Å². The van der Waals surface area contributed by atoms with Crippen LogP contribution in [0.15, 0.2) is 24.3 Å². The summed E-state index contributed by atoms with van der Waals surface area (Å²) in [4.78, 5) is 24.3. The van der Waals surface area contributed by atoms with Gasteiger partial charge in [-0.05, 0) is 25.1 Å². The first-order chi connectivity index (χ1) is 11.9. The van der Waals surface area contributed by atoms with E-state index in [4.69, 9.17) is 11.6 Å². The molecule has 3 rings (SSSR count). The molecule has 1 aliphatic heterocycles. The van der Waals surface area contributed by atoms with E-state index >= 15 is 0 Å². The van der Waals surface area contributed by atoms with Crippen LogP contribution in [0.3, 0.4) is 0 Å². The Balaban J connectivity index is 1.76. The van der Waals surface area contributed by atoms with E-state index < -0.39 is 5.82 Å². The molecule has 0 spiro atoms. The quantitative estimate of drug-likeness (QED) is 0.908.